The van der Waals surface area contributed by atoms with Gasteiger partial charge in [0, 0.05) is 22.5 Å². The molecule has 2 heterocycles. The van der Waals surface area contributed by atoms with Crippen LogP contribution < -0.4 is 10.1 Å². The minimum absolute atomic E-state index is 0.138. The Hall–Kier alpha value is -2.63. The number of aryl methyl sites for hydroxylation is 1. The van der Waals surface area contributed by atoms with Crippen LogP contribution in [0.3, 0.4) is 0 Å². The average molecular weight is 365 g/mol. The number of para-hydroxylation sites is 2. The molecule has 1 aliphatic heterocycles. The number of thiophene rings is 1. The molecule has 1 atom stereocenters. The van der Waals surface area contributed by atoms with Gasteiger partial charge in [-0.25, -0.2) is 0 Å². The highest BCUT2D eigenvalue weighted by atomic mass is 32.1. The van der Waals surface area contributed by atoms with Crippen molar-refractivity contribution in [3.63, 3.8) is 0 Å². The number of amides is 1. The minimum atomic E-state index is -0.704. The summed E-state index contributed by atoms with van der Waals surface area (Å²) in [5.74, 6) is 0.802. The molecule has 0 radical (unpaired) electrons. The molecule has 1 aliphatic rings. The van der Waals surface area contributed by atoms with Crippen LogP contribution in [0.2, 0.25) is 0 Å². The van der Waals surface area contributed by atoms with E-state index in [-0.39, 0.29) is 12.5 Å². The SMILES string of the molecule is Cc1ccsc1C(O)CNC(=O)C1c2ccccc2Oc2ccccc21. The fraction of sp³-hybridized carbons (Fsp3) is 0.190. The summed E-state index contributed by atoms with van der Waals surface area (Å²) in [6.07, 6.45) is -0.704. The second-order valence-corrected chi connectivity index (χ2v) is 7.29. The molecule has 4 rings (SSSR count). The summed E-state index contributed by atoms with van der Waals surface area (Å²) in [4.78, 5) is 13.9. The number of aliphatic hydroxyl groups is 1. The molecular formula is C21H19NO3S. The Morgan fingerprint density at radius 2 is 1.73 bits per heavy atom. The third-order valence-corrected chi connectivity index (χ3v) is 5.74. The van der Waals surface area contributed by atoms with Crippen LogP contribution in [-0.2, 0) is 4.79 Å². The number of hydrogen-bond acceptors (Lipinski definition) is 4. The van der Waals surface area contributed by atoms with E-state index in [9.17, 15) is 9.90 Å². The van der Waals surface area contributed by atoms with E-state index in [2.05, 4.69) is 5.32 Å². The van der Waals surface area contributed by atoms with Gasteiger partial charge in [-0.05, 0) is 36.1 Å². The van der Waals surface area contributed by atoms with Gasteiger partial charge in [-0.3, -0.25) is 4.79 Å². The Labute approximate surface area is 156 Å². The van der Waals surface area contributed by atoms with E-state index < -0.39 is 12.0 Å². The molecule has 0 aliphatic carbocycles. The number of nitrogens with one attached hydrogen (secondary N) is 1. The van der Waals surface area contributed by atoms with Gasteiger partial charge in [0.15, 0.2) is 0 Å². The summed E-state index contributed by atoms with van der Waals surface area (Å²) >= 11 is 1.50. The van der Waals surface area contributed by atoms with E-state index in [0.717, 1.165) is 21.6 Å². The van der Waals surface area contributed by atoms with E-state index >= 15 is 0 Å². The highest BCUT2D eigenvalue weighted by Crippen LogP contribution is 2.43. The topological polar surface area (TPSA) is 58.6 Å². The van der Waals surface area contributed by atoms with Crippen molar-refractivity contribution >= 4 is 17.2 Å². The number of aliphatic hydroxyl groups excluding tert-OH is 1. The van der Waals surface area contributed by atoms with Gasteiger partial charge in [0.2, 0.25) is 5.91 Å². The highest BCUT2D eigenvalue weighted by Gasteiger charge is 2.32. The normalized spacial score (nSPS) is 14.1. The first kappa shape index (κ1) is 16.8. The Morgan fingerprint density at radius 3 is 2.31 bits per heavy atom. The number of ether oxygens (including phenoxy) is 1. The zero-order valence-corrected chi connectivity index (χ0v) is 15.1. The largest absolute Gasteiger partial charge is 0.457 e. The van der Waals surface area contributed by atoms with Crippen LogP contribution in [0.15, 0.2) is 60.0 Å². The highest BCUT2D eigenvalue weighted by molar-refractivity contribution is 7.10. The number of carbonyl (C=O) groups is 1. The Morgan fingerprint density at radius 1 is 1.12 bits per heavy atom. The molecule has 1 unspecified atom stereocenters. The predicted octanol–water partition coefficient (Wildman–Crippen LogP) is 4.14. The second-order valence-electron chi connectivity index (χ2n) is 6.34. The molecule has 26 heavy (non-hydrogen) atoms. The zero-order valence-electron chi connectivity index (χ0n) is 14.3. The van der Waals surface area contributed by atoms with Gasteiger partial charge >= 0.3 is 0 Å². The monoisotopic (exact) mass is 365 g/mol. The molecule has 1 aromatic heterocycles. The van der Waals surface area contributed by atoms with Gasteiger partial charge in [0.25, 0.3) is 0 Å². The molecule has 0 bridgehead atoms. The van der Waals surface area contributed by atoms with Crippen LogP contribution in [0.1, 0.15) is 33.6 Å². The summed E-state index contributed by atoms with van der Waals surface area (Å²) < 4.78 is 5.93. The lowest BCUT2D eigenvalue weighted by molar-refractivity contribution is -0.122. The summed E-state index contributed by atoms with van der Waals surface area (Å²) in [6.45, 7) is 2.14. The molecule has 0 fully saturated rings. The first-order chi connectivity index (χ1) is 12.6. The van der Waals surface area contributed by atoms with Gasteiger partial charge in [0.05, 0.1) is 5.92 Å². The first-order valence-electron chi connectivity index (χ1n) is 8.50. The van der Waals surface area contributed by atoms with Gasteiger partial charge in [-0.2, -0.15) is 0 Å². The Balaban J connectivity index is 1.59. The van der Waals surface area contributed by atoms with Gasteiger partial charge in [0.1, 0.15) is 17.6 Å². The first-order valence-corrected chi connectivity index (χ1v) is 9.38. The maximum atomic E-state index is 13.0. The van der Waals surface area contributed by atoms with E-state index in [1.807, 2.05) is 66.9 Å². The van der Waals surface area contributed by atoms with Crippen molar-refractivity contribution in [2.75, 3.05) is 6.54 Å². The smallest absolute Gasteiger partial charge is 0.232 e. The van der Waals surface area contributed by atoms with Crippen LogP contribution in [0.4, 0.5) is 0 Å². The molecule has 132 valence electrons. The Bertz CT molecular complexity index is 904. The molecule has 1 amide bonds. The lowest BCUT2D eigenvalue weighted by atomic mass is 9.87. The van der Waals surface area contributed by atoms with Crippen LogP contribution in [0.25, 0.3) is 0 Å². The quantitative estimate of drug-likeness (QED) is 0.730. The fourth-order valence-electron chi connectivity index (χ4n) is 3.31. The van der Waals surface area contributed by atoms with Crippen LogP contribution in [0.5, 0.6) is 11.5 Å². The zero-order chi connectivity index (χ0) is 18.1. The van der Waals surface area contributed by atoms with Crippen molar-refractivity contribution in [3.8, 4) is 11.5 Å². The molecule has 0 saturated heterocycles. The summed E-state index contributed by atoms with van der Waals surface area (Å²) in [7, 11) is 0. The number of fused-ring (bicyclic) bond motifs is 2. The summed E-state index contributed by atoms with van der Waals surface area (Å²) in [5, 5.41) is 15.3. The van der Waals surface area contributed by atoms with Crippen LogP contribution >= 0.6 is 11.3 Å². The Kier molecular flexibility index (Phi) is 4.49. The van der Waals surface area contributed by atoms with Gasteiger partial charge in [-0.15, -0.1) is 11.3 Å². The maximum absolute atomic E-state index is 13.0. The van der Waals surface area contributed by atoms with Crippen molar-refractivity contribution in [2.24, 2.45) is 0 Å². The molecule has 0 spiro atoms. The van der Waals surface area contributed by atoms with Crippen molar-refractivity contribution in [1.82, 2.24) is 5.32 Å². The molecular weight excluding hydrogens is 346 g/mol. The van der Waals surface area contributed by atoms with E-state index in [1.54, 1.807) is 0 Å². The lowest BCUT2D eigenvalue weighted by Gasteiger charge is -2.27. The van der Waals surface area contributed by atoms with Crippen molar-refractivity contribution in [3.05, 3.63) is 81.5 Å². The van der Waals surface area contributed by atoms with Crippen LogP contribution in [0, 0.1) is 6.92 Å². The van der Waals surface area contributed by atoms with E-state index in [0.29, 0.717) is 11.5 Å². The number of benzene rings is 2. The molecule has 5 heteroatoms. The number of rotatable bonds is 4. The molecule has 4 nitrogen and oxygen atoms in total. The molecule has 3 aromatic rings. The van der Waals surface area contributed by atoms with Crippen LogP contribution in [-0.4, -0.2) is 17.6 Å². The average Bonchev–Trinajstić information content (AvgIpc) is 3.10. The fourth-order valence-corrected chi connectivity index (χ4v) is 4.22. The predicted molar refractivity (Wildman–Crippen MR) is 102 cm³/mol. The standard InChI is InChI=1S/C21H19NO3S/c1-13-10-11-26-20(13)16(23)12-22-21(24)19-14-6-2-4-8-17(14)25-18-9-5-3-7-15(18)19/h2-11,16,19,23H,12H2,1H3,(H,22,24). The summed E-state index contributed by atoms with van der Waals surface area (Å²) in [5.41, 5.74) is 2.72. The molecule has 2 aromatic carbocycles. The van der Waals surface area contributed by atoms with Gasteiger partial charge in [-0.1, -0.05) is 36.4 Å². The second kappa shape index (κ2) is 6.94. The third kappa shape index (κ3) is 3.00. The number of hydrogen-bond donors (Lipinski definition) is 2. The maximum Gasteiger partial charge on any atom is 0.232 e. The molecule has 0 saturated carbocycles. The lowest BCUT2D eigenvalue weighted by Crippen LogP contribution is -2.34. The van der Waals surface area contributed by atoms with Crippen molar-refractivity contribution in [1.29, 1.82) is 0 Å². The van der Waals surface area contributed by atoms with Gasteiger partial charge < -0.3 is 15.2 Å². The summed E-state index contributed by atoms with van der Waals surface area (Å²) in [6, 6.07) is 17.1. The van der Waals surface area contributed by atoms with E-state index in [4.69, 9.17) is 4.74 Å². The van der Waals surface area contributed by atoms with Crippen molar-refractivity contribution in [2.45, 2.75) is 18.9 Å². The molecule has 2 N–H and O–H groups in total. The van der Waals surface area contributed by atoms with E-state index in [1.165, 1.54) is 11.3 Å². The third-order valence-electron chi connectivity index (χ3n) is 4.62. The van der Waals surface area contributed by atoms with Crippen molar-refractivity contribution < 1.29 is 14.6 Å². The minimum Gasteiger partial charge on any atom is -0.457 e. The number of carbonyl (C=O) groups excluding carboxylic acids is 1.